The number of carbonyl (C=O) groups is 2. The number of thiocarbonyl (C=S) groups is 1. The summed E-state index contributed by atoms with van der Waals surface area (Å²) in [5.41, 5.74) is 4.25. The molecule has 0 atom stereocenters. The number of benzene rings is 3. The van der Waals surface area contributed by atoms with Crippen LogP contribution in [0, 0.1) is 24.0 Å². The quantitative estimate of drug-likeness (QED) is 0.201. The second kappa shape index (κ2) is 11.0. The molecule has 0 aromatic heterocycles. The van der Waals surface area contributed by atoms with Crippen LogP contribution in [0.25, 0.3) is 6.08 Å². The molecule has 3 N–H and O–H groups in total. The zero-order valence-corrected chi connectivity index (χ0v) is 19.3. The normalized spacial score (nSPS) is 10.5. The molecule has 0 saturated heterocycles. The molecule has 0 bridgehead atoms. The first-order valence-electron chi connectivity index (χ1n) is 10.2. The lowest BCUT2D eigenvalue weighted by molar-refractivity contribution is -0.384. The number of hydrogen-bond acceptors (Lipinski definition) is 5. The van der Waals surface area contributed by atoms with Crippen LogP contribution in [0.15, 0.2) is 72.8 Å². The van der Waals surface area contributed by atoms with Gasteiger partial charge in [0.25, 0.3) is 11.6 Å². The standard InChI is InChI=1S/C25H22N4O4S/c1-16-7-11-19(15-17(16)2)26-24(31)21-5-3-4-6-22(21)27-25(34)28-23(30)14-10-18-8-12-20(13-9-18)29(32)33/h3-15H,1-2H3,(H,26,31)(H2,27,28,30,34)/b14-10+. The van der Waals surface area contributed by atoms with Gasteiger partial charge in [-0.2, -0.15) is 0 Å². The topological polar surface area (TPSA) is 113 Å². The Bertz CT molecular complexity index is 1290. The van der Waals surface area contributed by atoms with Crippen molar-refractivity contribution in [3.63, 3.8) is 0 Å². The molecule has 0 aliphatic heterocycles. The number of amides is 2. The van der Waals surface area contributed by atoms with Gasteiger partial charge in [-0.25, -0.2) is 0 Å². The summed E-state index contributed by atoms with van der Waals surface area (Å²) >= 11 is 5.21. The maximum atomic E-state index is 12.8. The van der Waals surface area contributed by atoms with E-state index in [1.807, 2.05) is 32.0 Å². The highest BCUT2D eigenvalue weighted by molar-refractivity contribution is 7.80. The molecule has 0 aliphatic carbocycles. The lowest BCUT2D eigenvalue weighted by Crippen LogP contribution is -2.33. The Morgan fingerprint density at radius 1 is 0.941 bits per heavy atom. The molecule has 0 aliphatic rings. The summed E-state index contributed by atoms with van der Waals surface area (Å²) < 4.78 is 0. The van der Waals surface area contributed by atoms with Gasteiger partial charge in [0, 0.05) is 23.9 Å². The maximum Gasteiger partial charge on any atom is 0.269 e. The summed E-state index contributed by atoms with van der Waals surface area (Å²) in [6, 6.07) is 18.2. The van der Waals surface area contributed by atoms with Crippen molar-refractivity contribution in [2.24, 2.45) is 0 Å². The van der Waals surface area contributed by atoms with Gasteiger partial charge in [0.1, 0.15) is 0 Å². The first-order chi connectivity index (χ1) is 16.2. The molecule has 172 valence electrons. The van der Waals surface area contributed by atoms with E-state index in [4.69, 9.17) is 12.2 Å². The van der Waals surface area contributed by atoms with Crippen LogP contribution in [0.1, 0.15) is 27.0 Å². The van der Waals surface area contributed by atoms with Crippen molar-refractivity contribution in [1.82, 2.24) is 5.32 Å². The fourth-order valence-electron chi connectivity index (χ4n) is 2.99. The Morgan fingerprint density at radius 3 is 2.32 bits per heavy atom. The van der Waals surface area contributed by atoms with E-state index >= 15 is 0 Å². The highest BCUT2D eigenvalue weighted by Crippen LogP contribution is 2.19. The van der Waals surface area contributed by atoms with Gasteiger partial charge in [0.2, 0.25) is 5.91 Å². The first kappa shape index (κ1) is 24.3. The van der Waals surface area contributed by atoms with Crippen molar-refractivity contribution in [3.8, 4) is 0 Å². The second-order valence-corrected chi connectivity index (χ2v) is 7.83. The molecular weight excluding hydrogens is 452 g/mol. The van der Waals surface area contributed by atoms with Crippen LogP contribution in [0.3, 0.4) is 0 Å². The van der Waals surface area contributed by atoms with Gasteiger partial charge in [-0.1, -0.05) is 18.2 Å². The molecule has 0 fully saturated rings. The van der Waals surface area contributed by atoms with Crippen LogP contribution in [-0.2, 0) is 4.79 Å². The SMILES string of the molecule is Cc1ccc(NC(=O)c2ccccc2NC(=S)NC(=O)/C=C/c2ccc([N+](=O)[O-])cc2)cc1C. The number of non-ortho nitro benzene ring substituents is 1. The zero-order valence-electron chi connectivity index (χ0n) is 18.5. The number of nitrogens with one attached hydrogen (secondary N) is 3. The van der Waals surface area contributed by atoms with Crippen LogP contribution in [0.2, 0.25) is 0 Å². The second-order valence-electron chi connectivity index (χ2n) is 7.42. The first-order valence-corrected chi connectivity index (χ1v) is 10.7. The van der Waals surface area contributed by atoms with Crippen LogP contribution >= 0.6 is 12.2 Å². The predicted octanol–water partition coefficient (Wildman–Crippen LogP) is 4.99. The van der Waals surface area contributed by atoms with Crippen LogP contribution in [-0.4, -0.2) is 21.9 Å². The van der Waals surface area contributed by atoms with Crippen molar-refractivity contribution in [3.05, 3.63) is 105 Å². The van der Waals surface area contributed by atoms with Gasteiger partial charge in [-0.3, -0.25) is 25.0 Å². The van der Waals surface area contributed by atoms with Crippen molar-refractivity contribution < 1.29 is 14.5 Å². The van der Waals surface area contributed by atoms with Gasteiger partial charge in [-0.15, -0.1) is 0 Å². The van der Waals surface area contributed by atoms with E-state index in [0.29, 0.717) is 22.5 Å². The highest BCUT2D eigenvalue weighted by Gasteiger charge is 2.13. The Balaban J connectivity index is 1.62. The van der Waals surface area contributed by atoms with Gasteiger partial charge in [0.15, 0.2) is 5.11 Å². The third-order valence-corrected chi connectivity index (χ3v) is 5.16. The summed E-state index contributed by atoms with van der Waals surface area (Å²) in [4.78, 5) is 35.2. The van der Waals surface area contributed by atoms with E-state index < -0.39 is 10.8 Å². The Kier molecular flexibility index (Phi) is 7.83. The summed E-state index contributed by atoms with van der Waals surface area (Å²) in [6.07, 6.45) is 2.76. The Labute approximate surface area is 201 Å². The largest absolute Gasteiger partial charge is 0.332 e. The van der Waals surface area contributed by atoms with E-state index in [-0.39, 0.29) is 16.7 Å². The molecule has 0 saturated carbocycles. The average molecular weight is 475 g/mol. The molecule has 3 aromatic carbocycles. The molecule has 0 unspecified atom stereocenters. The van der Waals surface area contributed by atoms with E-state index in [2.05, 4.69) is 16.0 Å². The van der Waals surface area contributed by atoms with E-state index in [9.17, 15) is 19.7 Å². The third-order valence-electron chi connectivity index (χ3n) is 4.95. The minimum absolute atomic E-state index is 0.0183. The smallest absolute Gasteiger partial charge is 0.269 e. The number of hydrogen-bond donors (Lipinski definition) is 3. The van der Waals surface area contributed by atoms with Gasteiger partial charge >= 0.3 is 0 Å². The fourth-order valence-corrected chi connectivity index (χ4v) is 3.20. The number of nitro groups is 1. The number of aryl methyl sites for hydroxylation is 2. The summed E-state index contributed by atoms with van der Waals surface area (Å²) in [7, 11) is 0. The van der Waals surface area contributed by atoms with Crippen LogP contribution in [0.5, 0.6) is 0 Å². The molecular formula is C25H22N4O4S. The summed E-state index contributed by atoms with van der Waals surface area (Å²) in [5, 5.41) is 19.0. The fraction of sp³-hybridized carbons (Fsp3) is 0.0800. The molecule has 0 spiro atoms. The van der Waals surface area contributed by atoms with Crippen molar-refractivity contribution in [2.45, 2.75) is 13.8 Å². The minimum Gasteiger partial charge on any atom is -0.332 e. The van der Waals surface area contributed by atoms with Crippen molar-refractivity contribution in [2.75, 3.05) is 10.6 Å². The number of rotatable bonds is 6. The Hall–Kier alpha value is -4.37. The third kappa shape index (κ3) is 6.57. The van der Waals surface area contributed by atoms with E-state index in [1.165, 1.54) is 36.4 Å². The minimum atomic E-state index is -0.496. The summed E-state index contributed by atoms with van der Waals surface area (Å²) in [5.74, 6) is -0.813. The van der Waals surface area contributed by atoms with Crippen LogP contribution in [0.4, 0.5) is 17.1 Å². The number of nitro benzene ring substituents is 1. The Morgan fingerprint density at radius 2 is 1.65 bits per heavy atom. The number of carbonyl (C=O) groups excluding carboxylic acids is 2. The maximum absolute atomic E-state index is 12.8. The van der Waals surface area contributed by atoms with E-state index in [0.717, 1.165) is 11.1 Å². The van der Waals surface area contributed by atoms with Crippen molar-refractivity contribution >= 4 is 52.3 Å². The molecule has 34 heavy (non-hydrogen) atoms. The molecule has 0 radical (unpaired) electrons. The lowest BCUT2D eigenvalue weighted by Gasteiger charge is -2.13. The molecule has 2 amide bonds. The average Bonchev–Trinajstić information content (AvgIpc) is 2.80. The molecule has 3 rings (SSSR count). The molecule has 8 nitrogen and oxygen atoms in total. The van der Waals surface area contributed by atoms with Gasteiger partial charge in [-0.05, 0) is 85.2 Å². The van der Waals surface area contributed by atoms with Crippen molar-refractivity contribution in [1.29, 1.82) is 0 Å². The highest BCUT2D eigenvalue weighted by atomic mass is 32.1. The molecule has 3 aromatic rings. The van der Waals surface area contributed by atoms with Gasteiger partial charge in [0.05, 0.1) is 16.2 Å². The van der Waals surface area contributed by atoms with Crippen LogP contribution < -0.4 is 16.0 Å². The number of nitrogens with zero attached hydrogens (tertiary/aromatic N) is 1. The lowest BCUT2D eigenvalue weighted by atomic mass is 10.1. The number of anilines is 2. The predicted molar refractivity (Wildman–Crippen MR) is 137 cm³/mol. The van der Waals surface area contributed by atoms with E-state index in [1.54, 1.807) is 24.3 Å². The molecule has 9 heteroatoms. The summed E-state index contributed by atoms with van der Waals surface area (Å²) in [6.45, 7) is 3.97. The number of para-hydroxylation sites is 1. The van der Waals surface area contributed by atoms with Gasteiger partial charge < -0.3 is 10.6 Å². The zero-order chi connectivity index (χ0) is 24.7. The monoisotopic (exact) mass is 474 g/mol. The molecule has 0 heterocycles.